The second-order valence-electron chi connectivity index (χ2n) is 6.81. The summed E-state index contributed by atoms with van der Waals surface area (Å²) in [4.78, 5) is 16.8. The van der Waals surface area contributed by atoms with Crippen molar-refractivity contribution in [3.63, 3.8) is 0 Å². The first-order valence-electron chi connectivity index (χ1n) is 8.99. The molecule has 1 atom stereocenters. The summed E-state index contributed by atoms with van der Waals surface area (Å²) in [6, 6.07) is 8.73. The lowest BCUT2D eigenvalue weighted by Gasteiger charge is -2.24. The van der Waals surface area contributed by atoms with Crippen LogP contribution in [0.2, 0.25) is 0 Å². The summed E-state index contributed by atoms with van der Waals surface area (Å²) in [6.07, 6.45) is 2.23. The average Bonchev–Trinajstić information content (AvgIpc) is 3.38. The van der Waals surface area contributed by atoms with Gasteiger partial charge in [-0.15, -0.1) is 5.10 Å². The Balaban J connectivity index is 1.62. The molecule has 1 saturated carbocycles. The first kappa shape index (κ1) is 18.7. The van der Waals surface area contributed by atoms with Gasteiger partial charge in [-0.05, 0) is 54.8 Å². The van der Waals surface area contributed by atoms with Crippen LogP contribution in [-0.4, -0.2) is 56.9 Å². The van der Waals surface area contributed by atoms with E-state index in [1.807, 2.05) is 37.5 Å². The van der Waals surface area contributed by atoms with Gasteiger partial charge in [-0.3, -0.25) is 4.79 Å². The van der Waals surface area contributed by atoms with E-state index >= 15 is 0 Å². The summed E-state index contributed by atoms with van der Waals surface area (Å²) >= 11 is 1.44. The van der Waals surface area contributed by atoms with E-state index in [4.69, 9.17) is 0 Å². The minimum atomic E-state index is -0.223. The molecule has 140 valence electrons. The Kier molecular flexibility index (Phi) is 5.80. The van der Waals surface area contributed by atoms with Crippen molar-refractivity contribution in [1.82, 2.24) is 25.1 Å². The number of rotatable bonds is 8. The molecule has 7 nitrogen and oxygen atoms in total. The van der Waals surface area contributed by atoms with Crippen molar-refractivity contribution in [2.24, 2.45) is 0 Å². The highest BCUT2D eigenvalue weighted by atomic mass is 32.2. The normalized spacial score (nSPS) is 14.9. The summed E-state index contributed by atoms with van der Waals surface area (Å²) in [6.45, 7) is 5.22. The van der Waals surface area contributed by atoms with Gasteiger partial charge < -0.3 is 9.80 Å². The van der Waals surface area contributed by atoms with E-state index in [0.29, 0.717) is 19.1 Å². The molecule has 0 spiro atoms. The van der Waals surface area contributed by atoms with Crippen LogP contribution in [0.1, 0.15) is 38.3 Å². The number of nitrogens with zero attached hydrogens (tertiary/aromatic N) is 6. The lowest BCUT2D eigenvalue weighted by atomic mass is 10.2. The van der Waals surface area contributed by atoms with Crippen LogP contribution in [0.3, 0.4) is 0 Å². The van der Waals surface area contributed by atoms with Crippen molar-refractivity contribution in [3.05, 3.63) is 29.8 Å². The number of hydrogen-bond donors (Lipinski definition) is 0. The minimum absolute atomic E-state index is 0.111. The third-order valence-electron chi connectivity index (χ3n) is 4.50. The SMILES string of the molecule is CCN(Cc1ccc(N(C)C)cc1)C(=O)[C@@H](C)Sc1nnnn1C1CC1. The van der Waals surface area contributed by atoms with Crippen LogP contribution >= 0.6 is 11.8 Å². The zero-order chi connectivity index (χ0) is 18.7. The third-order valence-corrected chi connectivity index (χ3v) is 5.54. The van der Waals surface area contributed by atoms with Crippen molar-refractivity contribution >= 4 is 23.4 Å². The van der Waals surface area contributed by atoms with Gasteiger partial charge in [-0.2, -0.15) is 0 Å². The number of aromatic nitrogens is 4. The largest absolute Gasteiger partial charge is 0.378 e. The first-order chi connectivity index (χ1) is 12.5. The van der Waals surface area contributed by atoms with Crippen molar-refractivity contribution in [3.8, 4) is 0 Å². The number of hydrogen-bond acceptors (Lipinski definition) is 6. The van der Waals surface area contributed by atoms with E-state index in [9.17, 15) is 4.79 Å². The van der Waals surface area contributed by atoms with Crippen LogP contribution in [0.25, 0.3) is 0 Å². The van der Waals surface area contributed by atoms with Crippen LogP contribution in [-0.2, 0) is 11.3 Å². The summed E-state index contributed by atoms with van der Waals surface area (Å²) in [5.41, 5.74) is 2.28. The fourth-order valence-electron chi connectivity index (χ4n) is 2.74. The molecule has 0 radical (unpaired) electrons. The van der Waals surface area contributed by atoms with Gasteiger partial charge in [0.1, 0.15) is 0 Å². The molecular formula is C18H26N6OS. The molecule has 0 saturated heterocycles. The highest BCUT2D eigenvalue weighted by molar-refractivity contribution is 8.00. The Morgan fingerprint density at radius 3 is 2.58 bits per heavy atom. The fourth-order valence-corrected chi connectivity index (χ4v) is 3.69. The van der Waals surface area contributed by atoms with Gasteiger partial charge in [-0.1, -0.05) is 23.9 Å². The molecule has 1 aliphatic rings. The molecule has 2 aromatic rings. The number of tetrazole rings is 1. The lowest BCUT2D eigenvalue weighted by Crippen LogP contribution is -2.36. The van der Waals surface area contributed by atoms with Gasteiger partial charge in [0.15, 0.2) is 0 Å². The molecule has 0 N–H and O–H groups in total. The topological polar surface area (TPSA) is 67.2 Å². The zero-order valence-corrected chi connectivity index (χ0v) is 16.6. The zero-order valence-electron chi connectivity index (χ0n) is 15.8. The van der Waals surface area contributed by atoms with Gasteiger partial charge in [0.25, 0.3) is 0 Å². The molecule has 1 aromatic carbocycles. The molecule has 1 heterocycles. The van der Waals surface area contributed by atoms with Crippen LogP contribution in [0.5, 0.6) is 0 Å². The van der Waals surface area contributed by atoms with Crippen LogP contribution in [0, 0.1) is 0 Å². The number of carbonyl (C=O) groups is 1. The number of anilines is 1. The second-order valence-corrected chi connectivity index (χ2v) is 8.12. The smallest absolute Gasteiger partial charge is 0.236 e. The van der Waals surface area contributed by atoms with Crippen LogP contribution in [0.15, 0.2) is 29.4 Å². The van der Waals surface area contributed by atoms with E-state index in [2.05, 4.69) is 44.7 Å². The Morgan fingerprint density at radius 2 is 2.00 bits per heavy atom. The van der Waals surface area contributed by atoms with Crippen molar-refractivity contribution in [1.29, 1.82) is 0 Å². The van der Waals surface area contributed by atoms with E-state index in [-0.39, 0.29) is 11.2 Å². The summed E-state index contributed by atoms with van der Waals surface area (Å²) < 4.78 is 1.85. The van der Waals surface area contributed by atoms with Gasteiger partial charge in [0, 0.05) is 32.9 Å². The van der Waals surface area contributed by atoms with Crippen molar-refractivity contribution in [2.45, 2.75) is 49.7 Å². The van der Waals surface area contributed by atoms with Gasteiger partial charge >= 0.3 is 0 Å². The second kappa shape index (κ2) is 8.07. The molecule has 1 aromatic heterocycles. The predicted octanol–water partition coefficient (Wildman–Crippen LogP) is 2.60. The molecule has 1 amide bonds. The maximum absolute atomic E-state index is 12.9. The Labute approximate surface area is 158 Å². The molecule has 1 aliphatic carbocycles. The van der Waals surface area contributed by atoms with Crippen LogP contribution in [0.4, 0.5) is 5.69 Å². The van der Waals surface area contributed by atoms with Crippen LogP contribution < -0.4 is 4.90 Å². The Hall–Kier alpha value is -2.09. The highest BCUT2D eigenvalue weighted by Crippen LogP contribution is 2.37. The summed E-state index contributed by atoms with van der Waals surface area (Å²) in [5, 5.41) is 12.4. The Bertz CT molecular complexity index is 740. The van der Waals surface area contributed by atoms with Crippen molar-refractivity contribution in [2.75, 3.05) is 25.5 Å². The first-order valence-corrected chi connectivity index (χ1v) is 9.87. The number of amides is 1. The highest BCUT2D eigenvalue weighted by Gasteiger charge is 2.30. The summed E-state index contributed by atoms with van der Waals surface area (Å²) in [7, 11) is 4.04. The molecule has 1 fully saturated rings. The minimum Gasteiger partial charge on any atom is -0.378 e. The van der Waals surface area contributed by atoms with Gasteiger partial charge in [0.2, 0.25) is 11.1 Å². The van der Waals surface area contributed by atoms with E-state index < -0.39 is 0 Å². The van der Waals surface area contributed by atoms with E-state index in [1.165, 1.54) is 11.8 Å². The number of benzene rings is 1. The van der Waals surface area contributed by atoms with Gasteiger partial charge in [0.05, 0.1) is 11.3 Å². The molecule has 8 heteroatoms. The third kappa shape index (κ3) is 4.35. The number of thioether (sulfide) groups is 1. The molecule has 0 bridgehead atoms. The molecule has 3 rings (SSSR count). The monoisotopic (exact) mass is 374 g/mol. The molecule has 26 heavy (non-hydrogen) atoms. The number of carbonyl (C=O) groups excluding carboxylic acids is 1. The quantitative estimate of drug-likeness (QED) is 0.662. The standard InChI is InChI=1S/C18H26N6OS/c1-5-23(12-14-6-8-15(9-7-14)22(3)4)17(25)13(2)26-18-19-20-21-24(18)16-10-11-16/h6-9,13,16H,5,10-12H2,1-4H3/t13-/m1/s1. The lowest BCUT2D eigenvalue weighted by molar-refractivity contribution is -0.130. The molecule has 0 unspecified atom stereocenters. The predicted molar refractivity (Wildman–Crippen MR) is 103 cm³/mol. The molecular weight excluding hydrogens is 348 g/mol. The Morgan fingerprint density at radius 1 is 1.31 bits per heavy atom. The maximum Gasteiger partial charge on any atom is 0.236 e. The molecule has 0 aliphatic heterocycles. The van der Waals surface area contributed by atoms with Gasteiger partial charge in [-0.25, -0.2) is 4.68 Å². The summed E-state index contributed by atoms with van der Waals surface area (Å²) in [5.74, 6) is 0.111. The van der Waals surface area contributed by atoms with Crippen molar-refractivity contribution < 1.29 is 4.79 Å². The average molecular weight is 375 g/mol. The fraction of sp³-hybridized carbons (Fsp3) is 0.556. The van der Waals surface area contributed by atoms with E-state index in [1.54, 1.807) is 0 Å². The van der Waals surface area contributed by atoms with E-state index in [0.717, 1.165) is 29.2 Å². The maximum atomic E-state index is 12.9.